The minimum absolute atomic E-state index is 0.195. The van der Waals surface area contributed by atoms with Crippen molar-refractivity contribution in [3.05, 3.63) is 89.5 Å². The molecule has 0 saturated heterocycles. The normalized spacial score (nSPS) is 12.6. The number of carbonyl (C=O) groups is 2. The van der Waals surface area contributed by atoms with Crippen LogP contribution in [0.4, 0.5) is 5.69 Å². The molecular weight excluding hydrogens is 392 g/mol. The molecule has 0 aromatic heterocycles. The average Bonchev–Trinajstić information content (AvgIpc) is 3.15. The maximum absolute atomic E-state index is 13.0. The van der Waals surface area contributed by atoms with E-state index < -0.39 is 6.04 Å². The van der Waals surface area contributed by atoms with Crippen LogP contribution in [0.3, 0.4) is 0 Å². The topological polar surface area (TPSA) is 58.2 Å². The van der Waals surface area contributed by atoms with Gasteiger partial charge >= 0.3 is 0 Å². The molecule has 1 aliphatic rings. The van der Waals surface area contributed by atoms with Crippen LogP contribution in [0.5, 0.6) is 0 Å². The lowest BCUT2D eigenvalue weighted by atomic mass is 10.1. The minimum Gasteiger partial charge on any atom is -0.340 e. The van der Waals surface area contributed by atoms with Crippen molar-refractivity contribution in [2.45, 2.75) is 18.9 Å². The first-order valence-electron chi connectivity index (χ1n) is 10.0. The van der Waals surface area contributed by atoms with E-state index in [1.807, 2.05) is 42.7 Å². The molecule has 0 heterocycles. The van der Waals surface area contributed by atoms with Crippen molar-refractivity contribution >= 4 is 29.3 Å². The number of hydrogen-bond acceptors (Lipinski definition) is 3. The summed E-state index contributed by atoms with van der Waals surface area (Å²) in [6.45, 7) is 0. The van der Waals surface area contributed by atoms with Gasteiger partial charge in [0.1, 0.15) is 6.04 Å². The standard InChI is InChI=1S/C25H24N2O2S/c1-30-14-13-23(27-24(28)17-7-3-2-4-8-17)25(29)26-20-12-11-19-15-18-9-5-6-10-21(18)22(19)16-20/h2-12,16,23H,13-15H2,1H3,(H,26,29)(H,27,28)/t23-/m1/s1. The SMILES string of the molecule is CSCC[C@@H](NC(=O)c1ccccc1)C(=O)Nc1ccc2c(c1)-c1ccccc1C2. The van der Waals surface area contributed by atoms with Crippen LogP contribution in [0.25, 0.3) is 11.1 Å². The molecule has 152 valence electrons. The Kier molecular flexibility index (Phi) is 6.19. The Labute approximate surface area is 181 Å². The van der Waals surface area contributed by atoms with Gasteiger partial charge in [-0.05, 0) is 71.4 Å². The molecule has 3 aromatic carbocycles. The molecule has 0 aliphatic heterocycles. The van der Waals surface area contributed by atoms with Gasteiger partial charge in [-0.15, -0.1) is 0 Å². The summed E-state index contributed by atoms with van der Waals surface area (Å²) in [7, 11) is 0. The Bertz CT molecular complexity index is 1070. The number of benzene rings is 3. The molecule has 2 N–H and O–H groups in total. The molecule has 2 amide bonds. The molecular formula is C25H24N2O2S. The quantitative estimate of drug-likeness (QED) is 0.457. The van der Waals surface area contributed by atoms with Crippen molar-refractivity contribution in [1.29, 1.82) is 0 Å². The first-order valence-corrected chi connectivity index (χ1v) is 11.4. The Hall–Kier alpha value is -3.05. The van der Waals surface area contributed by atoms with E-state index in [-0.39, 0.29) is 11.8 Å². The van der Waals surface area contributed by atoms with E-state index >= 15 is 0 Å². The summed E-state index contributed by atoms with van der Waals surface area (Å²) in [6.07, 6.45) is 3.48. The van der Waals surface area contributed by atoms with Gasteiger partial charge < -0.3 is 10.6 Å². The number of amides is 2. The summed E-state index contributed by atoms with van der Waals surface area (Å²) in [4.78, 5) is 25.6. The van der Waals surface area contributed by atoms with Crippen LogP contribution >= 0.6 is 11.8 Å². The van der Waals surface area contributed by atoms with E-state index in [1.165, 1.54) is 16.7 Å². The largest absolute Gasteiger partial charge is 0.340 e. The van der Waals surface area contributed by atoms with Crippen molar-refractivity contribution in [2.75, 3.05) is 17.3 Å². The van der Waals surface area contributed by atoms with Gasteiger partial charge in [0.15, 0.2) is 0 Å². The van der Waals surface area contributed by atoms with Crippen molar-refractivity contribution in [1.82, 2.24) is 5.32 Å². The lowest BCUT2D eigenvalue weighted by Gasteiger charge is -2.18. The maximum atomic E-state index is 13.0. The van der Waals surface area contributed by atoms with Crippen molar-refractivity contribution < 1.29 is 9.59 Å². The third-order valence-electron chi connectivity index (χ3n) is 5.33. The molecule has 1 aliphatic carbocycles. The lowest BCUT2D eigenvalue weighted by Crippen LogP contribution is -2.44. The molecule has 0 radical (unpaired) electrons. The third kappa shape index (κ3) is 4.41. The van der Waals surface area contributed by atoms with E-state index in [1.54, 1.807) is 23.9 Å². The zero-order valence-electron chi connectivity index (χ0n) is 16.9. The summed E-state index contributed by atoms with van der Waals surface area (Å²) in [6, 6.07) is 22.8. The second-order valence-electron chi connectivity index (χ2n) is 7.37. The van der Waals surface area contributed by atoms with Gasteiger partial charge in [-0.1, -0.05) is 48.5 Å². The molecule has 30 heavy (non-hydrogen) atoms. The highest BCUT2D eigenvalue weighted by atomic mass is 32.2. The first kappa shape index (κ1) is 20.2. The van der Waals surface area contributed by atoms with Crippen LogP contribution in [-0.4, -0.2) is 29.9 Å². The summed E-state index contributed by atoms with van der Waals surface area (Å²) in [5, 5.41) is 5.90. The molecule has 0 spiro atoms. The van der Waals surface area contributed by atoms with Gasteiger partial charge in [0, 0.05) is 11.3 Å². The zero-order valence-corrected chi connectivity index (χ0v) is 17.7. The van der Waals surface area contributed by atoms with Gasteiger partial charge in [-0.3, -0.25) is 9.59 Å². The van der Waals surface area contributed by atoms with Crippen LogP contribution in [0, 0.1) is 0 Å². The van der Waals surface area contributed by atoms with Crippen molar-refractivity contribution in [3.8, 4) is 11.1 Å². The smallest absolute Gasteiger partial charge is 0.251 e. The van der Waals surface area contributed by atoms with Crippen LogP contribution in [0.2, 0.25) is 0 Å². The summed E-state index contributed by atoms with van der Waals surface area (Å²) in [5.41, 5.74) is 6.26. The third-order valence-corrected chi connectivity index (χ3v) is 5.98. The van der Waals surface area contributed by atoms with Crippen LogP contribution < -0.4 is 10.6 Å². The second-order valence-corrected chi connectivity index (χ2v) is 8.35. The Morgan fingerprint density at radius 2 is 1.67 bits per heavy atom. The van der Waals surface area contributed by atoms with Crippen molar-refractivity contribution in [3.63, 3.8) is 0 Å². The second kappa shape index (κ2) is 9.18. The average molecular weight is 417 g/mol. The monoisotopic (exact) mass is 416 g/mol. The van der Waals surface area contributed by atoms with E-state index in [0.29, 0.717) is 12.0 Å². The molecule has 0 fully saturated rings. The summed E-state index contributed by atoms with van der Waals surface area (Å²) in [5.74, 6) is 0.351. The van der Waals surface area contributed by atoms with Gasteiger partial charge in [-0.25, -0.2) is 0 Å². The van der Waals surface area contributed by atoms with Gasteiger partial charge in [-0.2, -0.15) is 11.8 Å². The van der Waals surface area contributed by atoms with Crippen LogP contribution in [0.15, 0.2) is 72.8 Å². The Morgan fingerprint density at radius 1 is 0.933 bits per heavy atom. The van der Waals surface area contributed by atoms with Crippen LogP contribution in [0.1, 0.15) is 27.9 Å². The molecule has 0 unspecified atom stereocenters. The van der Waals surface area contributed by atoms with E-state index in [2.05, 4.69) is 34.9 Å². The summed E-state index contributed by atoms with van der Waals surface area (Å²) < 4.78 is 0. The molecule has 0 saturated carbocycles. The molecule has 3 aromatic rings. The highest BCUT2D eigenvalue weighted by molar-refractivity contribution is 7.98. The maximum Gasteiger partial charge on any atom is 0.251 e. The number of fused-ring (bicyclic) bond motifs is 3. The Balaban J connectivity index is 1.50. The fraction of sp³-hybridized carbons (Fsp3) is 0.200. The Morgan fingerprint density at radius 3 is 2.47 bits per heavy atom. The fourth-order valence-electron chi connectivity index (χ4n) is 3.77. The first-order chi connectivity index (χ1) is 14.7. The lowest BCUT2D eigenvalue weighted by molar-refractivity contribution is -0.118. The predicted octanol–water partition coefficient (Wildman–Crippen LogP) is 4.75. The van der Waals surface area contributed by atoms with Gasteiger partial charge in [0.2, 0.25) is 5.91 Å². The number of hydrogen-bond donors (Lipinski definition) is 2. The van der Waals surface area contributed by atoms with Gasteiger partial charge in [0.25, 0.3) is 5.91 Å². The van der Waals surface area contributed by atoms with E-state index in [0.717, 1.165) is 23.4 Å². The number of nitrogens with one attached hydrogen (secondary N) is 2. The summed E-state index contributed by atoms with van der Waals surface area (Å²) >= 11 is 1.65. The molecule has 5 heteroatoms. The molecule has 1 atom stereocenters. The van der Waals surface area contributed by atoms with Gasteiger partial charge in [0.05, 0.1) is 0 Å². The molecule has 4 rings (SSSR count). The zero-order chi connectivity index (χ0) is 20.9. The highest BCUT2D eigenvalue weighted by Crippen LogP contribution is 2.37. The minimum atomic E-state index is -0.592. The fourth-order valence-corrected chi connectivity index (χ4v) is 4.24. The number of anilines is 1. The molecule has 4 nitrogen and oxygen atoms in total. The number of rotatable bonds is 7. The molecule has 0 bridgehead atoms. The van der Waals surface area contributed by atoms with E-state index in [4.69, 9.17) is 0 Å². The number of carbonyl (C=O) groups excluding carboxylic acids is 2. The number of thioether (sulfide) groups is 1. The highest BCUT2D eigenvalue weighted by Gasteiger charge is 2.23. The van der Waals surface area contributed by atoms with Crippen LogP contribution in [-0.2, 0) is 11.2 Å². The predicted molar refractivity (Wildman–Crippen MR) is 124 cm³/mol. The van der Waals surface area contributed by atoms with E-state index in [9.17, 15) is 9.59 Å². The van der Waals surface area contributed by atoms with Crippen molar-refractivity contribution in [2.24, 2.45) is 0 Å².